The van der Waals surface area contributed by atoms with Gasteiger partial charge in [0.25, 0.3) is 0 Å². The van der Waals surface area contributed by atoms with E-state index in [2.05, 4.69) is 9.47 Å². The molecule has 7 heteroatoms. The molecule has 18 heavy (non-hydrogen) atoms. The van der Waals surface area contributed by atoms with E-state index in [1.807, 2.05) is 0 Å². The summed E-state index contributed by atoms with van der Waals surface area (Å²) in [5.74, 6) is -3.00. The van der Waals surface area contributed by atoms with Gasteiger partial charge in [-0.1, -0.05) is 0 Å². The number of carbonyl (C=O) groups is 3. The third-order valence-corrected chi connectivity index (χ3v) is 2.15. The summed E-state index contributed by atoms with van der Waals surface area (Å²) in [4.78, 5) is 33.2. The minimum absolute atomic E-state index is 0.0141. The van der Waals surface area contributed by atoms with Gasteiger partial charge >= 0.3 is 17.9 Å². The summed E-state index contributed by atoms with van der Waals surface area (Å²) in [6.07, 6.45) is -1.42. The number of carboxylic acids is 1. The molecule has 0 aliphatic rings. The molecule has 0 heterocycles. The van der Waals surface area contributed by atoms with Crippen molar-refractivity contribution in [1.29, 1.82) is 0 Å². The third-order valence-electron chi connectivity index (χ3n) is 2.15. The second-order valence-electron chi connectivity index (χ2n) is 3.63. The van der Waals surface area contributed by atoms with Crippen LogP contribution in [-0.2, 0) is 23.9 Å². The van der Waals surface area contributed by atoms with Gasteiger partial charge in [-0.05, 0) is 20.3 Å². The lowest BCUT2D eigenvalue weighted by Crippen LogP contribution is -2.42. The average Bonchev–Trinajstić information content (AvgIpc) is 2.26. The summed E-state index contributed by atoms with van der Waals surface area (Å²) in [6, 6.07) is 0. The van der Waals surface area contributed by atoms with E-state index in [0.717, 1.165) is 0 Å². The Kier molecular flexibility index (Phi) is 6.96. The molecule has 104 valence electrons. The van der Waals surface area contributed by atoms with Gasteiger partial charge in [0.2, 0.25) is 0 Å². The molecule has 0 aromatic carbocycles. The van der Waals surface area contributed by atoms with Crippen molar-refractivity contribution in [3.05, 3.63) is 0 Å². The number of aliphatic hydroxyl groups is 1. The van der Waals surface area contributed by atoms with E-state index in [1.54, 1.807) is 6.92 Å². The number of rotatable bonds is 8. The highest BCUT2D eigenvalue weighted by Gasteiger charge is 2.40. The Hall–Kier alpha value is -1.63. The SMILES string of the molecule is CCOC(=O)CCC(O)(CC(=O)O)C(=O)OCC. The molecule has 1 atom stereocenters. The van der Waals surface area contributed by atoms with Gasteiger partial charge in [0.15, 0.2) is 5.60 Å². The van der Waals surface area contributed by atoms with Gasteiger partial charge in [-0.25, -0.2) is 4.79 Å². The predicted molar refractivity (Wildman–Crippen MR) is 59.7 cm³/mol. The van der Waals surface area contributed by atoms with Gasteiger partial charge in [-0.3, -0.25) is 9.59 Å². The molecule has 0 aromatic rings. The number of carboxylic acid groups (broad SMARTS) is 1. The standard InChI is InChI=1S/C11H18O7/c1-3-17-9(14)5-6-11(16,7-8(12)13)10(15)18-4-2/h16H,3-7H2,1-2H3,(H,12,13). The number of hydrogen-bond acceptors (Lipinski definition) is 6. The lowest BCUT2D eigenvalue weighted by atomic mass is 9.94. The molecule has 0 rings (SSSR count). The van der Waals surface area contributed by atoms with E-state index in [4.69, 9.17) is 5.11 Å². The fraction of sp³-hybridized carbons (Fsp3) is 0.727. The number of hydrogen-bond donors (Lipinski definition) is 2. The molecule has 7 nitrogen and oxygen atoms in total. The summed E-state index contributed by atoms with van der Waals surface area (Å²) in [6.45, 7) is 3.34. The van der Waals surface area contributed by atoms with Crippen molar-refractivity contribution in [2.24, 2.45) is 0 Å². The summed E-state index contributed by atoms with van der Waals surface area (Å²) >= 11 is 0. The van der Waals surface area contributed by atoms with Crippen LogP contribution in [0.15, 0.2) is 0 Å². The Labute approximate surface area is 105 Å². The normalized spacial score (nSPS) is 13.5. The fourth-order valence-electron chi connectivity index (χ4n) is 1.32. The molecule has 0 saturated heterocycles. The summed E-state index contributed by atoms with van der Waals surface area (Å²) in [7, 11) is 0. The molecule has 0 bridgehead atoms. The zero-order chi connectivity index (χ0) is 14.2. The number of aliphatic carboxylic acids is 1. The molecule has 0 spiro atoms. The van der Waals surface area contributed by atoms with E-state index in [9.17, 15) is 19.5 Å². The van der Waals surface area contributed by atoms with Crippen molar-refractivity contribution in [2.45, 2.75) is 38.7 Å². The average molecular weight is 262 g/mol. The Morgan fingerprint density at radius 1 is 1.11 bits per heavy atom. The molecule has 0 radical (unpaired) electrons. The number of carbonyl (C=O) groups excluding carboxylic acids is 2. The zero-order valence-corrected chi connectivity index (χ0v) is 10.5. The molecular weight excluding hydrogens is 244 g/mol. The van der Waals surface area contributed by atoms with Crippen molar-refractivity contribution in [3.8, 4) is 0 Å². The molecule has 0 amide bonds. The quantitative estimate of drug-likeness (QED) is 0.597. The van der Waals surface area contributed by atoms with Crippen LogP contribution < -0.4 is 0 Å². The van der Waals surface area contributed by atoms with Crippen molar-refractivity contribution >= 4 is 17.9 Å². The van der Waals surface area contributed by atoms with Gasteiger partial charge in [0.05, 0.1) is 19.6 Å². The van der Waals surface area contributed by atoms with Gasteiger partial charge in [-0.2, -0.15) is 0 Å². The first-order chi connectivity index (χ1) is 8.35. The van der Waals surface area contributed by atoms with Crippen LogP contribution in [0.4, 0.5) is 0 Å². The molecule has 0 aliphatic heterocycles. The van der Waals surface area contributed by atoms with Crippen LogP contribution in [0.5, 0.6) is 0 Å². The van der Waals surface area contributed by atoms with E-state index < -0.39 is 29.9 Å². The minimum Gasteiger partial charge on any atom is -0.481 e. The number of ether oxygens (including phenoxy) is 2. The van der Waals surface area contributed by atoms with Crippen LogP contribution in [-0.4, -0.2) is 46.9 Å². The van der Waals surface area contributed by atoms with E-state index in [1.165, 1.54) is 6.92 Å². The molecule has 0 aromatic heterocycles. The smallest absolute Gasteiger partial charge is 0.338 e. The van der Waals surface area contributed by atoms with E-state index >= 15 is 0 Å². The molecule has 2 N–H and O–H groups in total. The van der Waals surface area contributed by atoms with Crippen LogP contribution in [0.25, 0.3) is 0 Å². The highest BCUT2D eigenvalue weighted by Crippen LogP contribution is 2.20. The summed E-state index contributed by atoms with van der Waals surface area (Å²) < 4.78 is 9.23. The van der Waals surface area contributed by atoms with Gasteiger partial charge in [0.1, 0.15) is 0 Å². The van der Waals surface area contributed by atoms with Crippen LogP contribution in [0, 0.1) is 0 Å². The molecule has 0 aliphatic carbocycles. The minimum atomic E-state index is -2.20. The predicted octanol–water partition coefficient (Wildman–Crippen LogP) is 0.0986. The molecule has 1 unspecified atom stereocenters. The first-order valence-electron chi connectivity index (χ1n) is 5.62. The van der Waals surface area contributed by atoms with Crippen LogP contribution in [0.2, 0.25) is 0 Å². The maximum Gasteiger partial charge on any atom is 0.338 e. The Balaban J connectivity index is 4.61. The number of esters is 2. The van der Waals surface area contributed by atoms with Crippen molar-refractivity contribution in [2.75, 3.05) is 13.2 Å². The highest BCUT2D eigenvalue weighted by atomic mass is 16.6. The first-order valence-corrected chi connectivity index (χ1v) is 5.62. The molecular formula is C11H18O7. The third kappa shape index (κ3) is 5.62. The Morgan fingerprint density at radius 2 is 1.67 bits per heavy atom. The lowest BCUT2D eigenvalue weighted by molar-refractivity contribution is -0.172. The fourth-order valence-corrected chi connectivity index (χ4v) is 1.32. The van der Waals surface area contributed by atoms with Crippen molar-refractivity contribution in [3.63, 3.8) is 0 Å². The van der Waals surface area contributed by atoms with Gasteiger partial charge in [-0.15, -0.1) is 0 Å². The monoisotopic (exact) mass is 262 g/mol. The first kappa shape index (κ1) is 16.4. The largest absolute Gasteiger partial charge is 0.481 e. The van der Waals surface area contributed by atoms with E-state index in [-0.39, 0.29) is 26.1 Å². The Bertz CT molecular complexity index is 313. The van der Waals surface area contributed by atoms with Crippen molar-refractivity contribution < 1.29 is 34.1 Å². The summed E-state index contributed by atoms with van der Waals surface area (Å²) in [5, 5.41) is 18.6. The Morgan fingerprint density at radius 3 is 2.11 bits per heavy atom. The zero-order valence-electron chi connectivity index (χ0n) is 10.5. The molecule has 0 saturated carbocycles. The molecule has 0 fully saturated rings. The van der Waals surface area contributed by atoms with Crippen molar-refractivity contribution in [1.82, 2.24) is 0 Å². The second-order valence-corrected chi connectivity index (χ2v) is 3.63. The van der Waals surface area contributed by atoms with Gasteiger partial charge in [0, 0.05) is 6.42 Å². The van der Waals surface area contributed by atoms with E-state index in [0.29, 0.717) is 0 Å². The highest BCUT2D eigenvalue weighted by molar-refractivity contribution is 5.85. The maximum atomic E-state index is 11.5. The van der Waals surface area contributed by atoms with Gasteiger partial charge < -0.3 is 19.7 Å². The summed E-state index contributed by atoms with van der Waals surface area (Å²) in [5.41, 5.74) is -2.20. The van der Waals surface area contributed by atoms with Crippen LogP contribution in [0.1, 0.15) is 33.1 Å². The van der Waals surface area contributed by atoms with Crippen LogP contribution in [0.3, 0.4) is 0 Å². The second kappa shape index (κ2) is 7.65. The van der Waals surface area contributed by atoms with Crippen LogP contribution >= 0.6 is 0 Å². The maximum absolute atomic E-state index is 11.5. The lowest BCUT2D eigenvalue weighted by Gasteiger charge is -2.23. The topological polar surface area (TPSA) is 110 Å².